The topological polar surface area (TPSA) is 192 Å². The summed E-state index contributed by atoms with van der Waals surface area (Å²) in [5.41, 5.74) is 11.1. The molecule has 2 aliphatic rings. The van der Waals surface area contributed by atoms with Crippen molar-refractivity contribution in [3.63, 3.8) is 0 Å². The number of alkyl carbamates (subject to hydrolysis) is 1. The van der Waals surface area contributed by atoms with Crippen LogP contribution in [0.15, 0.2) is 150 Å². The van der Waals surface area contributed by atoms with E-state index in [-0.39, 0.29) is 47.2 Å². The number of carbonyl (C=O) groups excluding carboxylic acids is 4. The number of benzene rings is 4. The van der Waals surface area contributed by atoms with E-state index in [0.29, 0.717) is 39.6 Å². The van der Waals surface area contributed by atoms with E-state index in [2.05, 4.69) is 30.9 Å². The number of nitrogens with one attached hydrogen (secondary N) is 3. The third-order valence-electron chi connectivity index (χ3n) is 9.67. The highest BCUT2D eigenvalue weighted by molar-refractivity contribution is 8.00. The maximum atomic E-state index is 13.3. The minimum absolute atomic E-state index is 0.0255. The van der Waals surface area contributed by atoms with Crippen LogP contribution in [-0.2, 0) is 22.7 Å². The van der Waals surface area contributed by atoms with Crippen molar-refractivity contribution < 1.29 is 37.4 Å². The van der Waals surface area contributed by atoms with Crippen molar-refractivity contribution in [1.29, 1.82) is 0 Å². The molecule has 2 atom stereocenters. The van der Waals surface area contributed by atoms with Gasteiger partial charge in [0.1, 0.15) is 31.2 Å². The smallest absolute Gasteiger partial charge is 0.419 e. The highest BCUT2D eigenvalue weighted by Crippen LogP contribution is 2.41. The molecule has 0 aliphatic carbocycles. The molecule has 4 aromatic carbocycles. The molecule has 7 aromatic rings. The summed E-state index contributed by atoms with van der Waals surface area (Å²) in [6, 6.07) is 29.4. The first kappa shape index (κ1) is 48.1. The minimum Gasteiger partial charge on any atom is -0.443 e. The Hall–Kier alpha value is -6.83. The number of fused-ring (bicyclic) bond motifs is 2. The summed E-state index contributed by atoms with van der Waals surface area (Å²) in [5, 5.41) is 8.19. The maximum Gasteiger partial charge on any atom is 0.419 e. The number of ether oxygens (including phenoxy) is 2. The number of nitrogens with zero attached hydrogens (tertiary/aromatic N) is 4. The summed E-state index contributed by atoms with van der Waals surface area (Å²) in [7, 11) is 0. The van der Waals surface area contributed by atoms with Gasteiger partial charge in [0.05, 0.1) is 38.6 Å². The van der Waals surface area contributed by atoms with Crippen molar-refractivity contribution in [2.45, 2.75) is 35.1 Å². The highest BCUT2D eigenvalue weighted by atomic mass is 35.5. The number of carbonyl (C=O) groups is 4. The number of thioether (sulfide) groups is 2. The summed E-state index contributed by atoms with van der Waals surface area (Å²) < 4.78 is 38.0. The van der Waals surface area contributed by atoms with Crippen molar-refractivity contribution in [2.24, 2.45) is 5.73 Å². The number of imidazole rings is 1. The third kappa shape index (κ3) is 13.0. The quantitative estimate of drug-likeness (QED) is 0.107. The van der Waals surface area contributed by atoms with Crippen LogP contribution in [0.25, 0.3) is 0 Å². The molecule has 3 amide bonds. The van der Waals surface area contributed by atoms with Gasteiger partial charge >= 0.3 is 12.2 Å². The van der Waals surface area contributed by atoms with Gasteiger partial charge in [0, 0.05) is 63.5 Å². The van der Waals surface area contributed by atoms with Gasteiger partial charge in [-0.1, -0.05) is 59.6 Å². The van der Waals surface area contributed by atoms with Crippen molar-refractivity contribution in [3.8, 4) is 0 Å². The molecule has 0 fully saturated rings. The molecule has 3 aromatic heterocycles. The summed E-state index contributed by atoms with van der Waals surface area (Å²) in [6.45, 7) is 0.236. The molecule has 20 heteroatoms. The standard InChI is InChI=1S/C22H17ClFN3O3S.C15H12ClFN2OS.C10H9N3O2/c23-17-10-13(7-8-18(17)24)26-21(28)16-6-3-5-15-19(12-31-20(15)16)27-22(29)30-11-14-4-1-2-9-25-14;16-11-6-8(4-5-12(11)17)19-15(20)10-3-1-2-9-13(18)7-21-14(9)10;14-10(13-6-5-11-8-13)15-7-9-3-1-2-4-12-9/h1-10,19H,11-12H2,(H,26,28)(H,27,29);1-6,13H,7,18H2,(H,19,20);1-6,8H,7H2. The lowest BCUT2D eigenvalue weighted by atomic mass is 10.0. The number of aromatic nitrogens is 4. The Labute approximate surface area is 401 Å². The molecule has 0 spiro atoms. The Morgan fingerprint density at radius 1 is 0.687 bits per heavy atom. The van der Waals surface area contributed by atoms with Gasteiger partial charge in [-0.05, 0) is 83.9 Å². The fourth-order valence-corrected chi connectivity index (χ4v) is 9.29. The first-order chi connectivity index (χ1) is 32.4. The summed E-state index contributed by atoms with van der Waals surface area (Å²) in [6.07, 6.45) is 6.70. The molecule has 67 heavy (non-hydrogen) atoms. The molecule has 0 saturated heterocycles. The molecule has 2 aliphatic heterocycles. The third-order valence-corrected chi connectivity index (χ3v) is 12.8. The number of pyridine rings is 2. The molecule has 14 nitrogen and oxygen atoms in total. The number of amides is 3. The lowest BCUT2D eigenvalue weighted by Gasteiger charge is -2.14. The van der Waals surface area contributed by atoms with Crippen LogP contribution < -0.4 is 21.7 Å². The van der Waals surface area contributed by atoms with Crippen molar-refractivity contribution in [2.75, 3.05) is 22.1 Å². The lowest BCUT2D eigenvalue weighted by molar-refractivity contribution is 0.101. The van der Waals surface area contributed by atoms with Gasteiger partial charge in [0.15, 0.2) is 0 Å². The van der Waals surface area contributed by atoms with Crippen molar-refractivity contribution in [3.05, 3.63) is 196 Å². The summed E-state index contributed by atoms with van der Waals surface area (Å²) in [5.74, 6) is -0.333. The zero-order valence-corrected chi connectivity index (χ0v) is 38.1. The molecule has 0 bridgehead atoms. The monoisotopic (exact) mass is 982 g/mol. The number of anilines is 2. The minimum atomic E-state index is -0.556. The molecule has 5 N–H and O–H groups in total. The lowest BCUT2D eigenvalue weighted by Crippen LogP contribution is -2.29. The van der Waals surface area contributed by atoms with Crippen LogP contribution in [-0.4, -0.2) is 55.0 Å². The number of hydrogen-bond donors (Lipinski definition) is 4. The number of rotatable bonds is 9. The van der Waals surface area contributed by atoms with Crippen LogP contribution in [0.5, 0.6) is 0 Å². The first-order valence-electron chi connectivity index (χ1n) is 20.1. The van der Waals surface area contributed by atoms with Crippen LogP contribution in [0.4, 0.5) is 29.7 Å². The van der Waals surface area contributed by atoms with E-state index in [1.807, 2.05) is 30.3 Å². The largest absolute Gasteiger partial charge is 0.443 e. The number of nitrogens with two attached hydrogens (primary N) is 1. The van der Waals surface area contributed by atoms with Crippen LogP contribution in [0.2, 0.25) is 10.0 Å². The van der Waals surface area contributed by atoms with E-state index in [0.717, 1.165) is 26.7 Å². The van der Waals surface area contributed by atoms with E-state index < -0.39 is 23.8 Å². The van der Waals surface area contributed by atoms with Gasteiger partial charge in [-0.25, -0.2) is 27.9 Å². The summed E-state index contributed by atoms with van der Waals surface area (Å²) >= 11 is 14.5. The second kappa shape index (κ2) is 23.1. The van der Waals surface area contributed by atoms with E-state index in [9.17, 15) is 28.0 Å². The second-order valence-electron chi connectivity index (χ2n) is 14.3. The molecule has 9 rings (SSSR count). The normalized spacial score (nSPS) is 14.2. The molecular weight excluding hydrogens is 946 g/mol. The molecular formula is C47H38Cl2F2N8O6S2. The van der Waals surface area contributed by atoms with Gasteiger partial charge in [-0.2, -0.15) is 0 Å². The van der Waals surface area contributed by atoms with E-state index >= 15 is 0 Å². The van der Waals surface area contributed by atoms with Gasteiger partial charge in [-0.15, -0.1) is 23.5 Å². The highest BCUT2D eigenvalue weighted by Gasteiger charge is 2.29. The fraction of sp³-hybridized carbons (Fsp3) is 0.128. The average molecular weight is 984 g/mol. The molecule has 0 radical (unpaired) electrons. The Bertz CT molecular complexity index is 2870. The van der Waals surface area contributed by atoms with Crippen molar-refractivity contribution >= 4 is 82.1 Å². The number of halogens is 4. The van der Waals surface area contributed by atoms with E-state index in [1.54, 1.807) is 66.6 Å². The Morgan fingerprint density at radius 2 is 1.24 bits per heavy atom. The van der Waals surface area contributed by atoms with Crippen LogP contribution >= 0.6 is 46.7 Å². The fourth-order valence-electron chi connectivity index (χ4n) is 6.41. The Morgan fingerprint density at radius 3 is 1.78 bits per heavy atom. The predicted molar refractivity (Wildman–Crippen MR) is 252 cm³/mol. The van der Waals surface area contributed by atoms with E-state index in [1.165, 1.54) is 71.4 Å². The summed E-state index contributed by atoms with van der Waals surface area (Å²) in [4.78, 5) is 62.3. The predicted octanol–water partition coefficient (Wildman–Crippen LogP) is 10.5. The SMILES string of the molecule is NC1CSc2c(C(=O)Nc3ccc(F)c(Cl)c3)cccc21.O=C(NC1CSc2c(C(=O)Nc3ccc(F)c(Cl)c3)cccc21)OCc1ccccn1.O=C(OCc1ccccn1)n1ccnc1. The zero-order chi connectivity index (χ0) is 47.3. The molecule has 5 heterocycles. The van der Waals surface area contributed by atoms with E-state index in [4.69, 9.17) is 38.4 Å². The van der Waals surface area contributed by atoms with Gasteiger partial charge in [-0.3, -0.25) is 19.6 Å². The maximum absolute atomic E-state index is 13.3. The molecule has 342 valence electrons. The average Bonchev–Trinajstić information content (AvgIpc) is 4.12. The molecule has 2 unspecified atom stereocenters. The van der Waals surface area contributed by atoms with Crippen LogP contribution in [0.1, 0.15) is 55.3 Å². The van der Waals surface area contributed by atoms with Crippen LogP contribution in [0, 0.1) is 11.6 Å². The van der Waals surface area contributed by atoms with Gasteiger partial charge in [0.2, 0.25) is 0 Å². The Balaban J connectivity index is 0.000000160. The van der Waals surface area contributed by atoms with Crippen LogP contribution in [0.3, 0.4) is 0 Å². The van der Waals surface area contributed by atoms with Crippen molar-refractivity contribution in [1.82, 2.24) is 24.8 Å². The second-order valence-corrected chi connectivity index (χ2v) is 17.2. The van der Waals surface area contributed by atoms with Gasteiger partial charge in [0.25, 0.3) is 11.8 Å². The molecule has 0 saturated carbocycles. The zero-order valence-electron chi connectivity index (χ0n) is 34.9. The van der Waals surface area contributed by atoms with Gasteiger partial charge < -0.3 is 31.2 Å². The number of hydrogen-bond acceptors (Lipinski definition) is 12. The Kier molecular flexibility index (Phi) is 16.6. The first-order valence-corrected chi connectivity index (χ1v) is 22.8.